The smallest absolute Gasteiger partial charge is 0.264 e. The van der Waals surface area contributed by atoms with E-state index in [0.717, 1.165) is 4.31 Å². The molecular weight excluding hydrogens is 564 g/mol. The van der Waals surface area contributed by atoms with Crippen molar-refractivity contribution in [1.29, 1.82) is 0 Å². The molecule has 0 bridgehead atoms. The molecule has 39 heavy (non-hydrogen) atoms. The Morgan fingerprint density at radius 3 is 2.15 bits per heavy atom. The molecule has 0 saturated heterocycles. The highest BCUT2D eigenvalue weighted by molar-refractivity contribution is 7.92. The number of hydrogen-bond acceptors (Lipinski definition) is 4. The number of rotatable bonds is 11. The maximum Gasteiger partial charge on any atom is 0.264 e. The summed E-state index contributed by atoms with van der Waals surface area (Å²) in [5.74, 6) is -1.30. The van der Waals surface area contributed by atoms with E-state index in [2.05, 4.69) is 5.32 Å². The number of sulfonamides is 1. The van der Waals surface area contributed by atoms with Gasteiger partial charge in [-0.15, -0.1) is 0 Å². The number of halogens is 3. The van der Waals surface area contributed by atoms with Gasteiger partial charge in [0.1, 0.15) is 18.4 Å². The van der Waals surface area contributed by atoms with Gasteiger partial charge in [0.15, 0.2) is 0 Å². The minimum Gasteiger partial charge on any atom is -0.354 e. The van der Waals surface area contributed by atoms with Crippen LogP contribution in [0.4, 0.5) is 10.1 Å². The Balaban J connectivity index is 2.02. The van der Waals surface area contributed by atoms with Crippen molar-refractivity contribution in [2.75, 3.05) is 17.4 Å². The summed E-state index contributed by atoms with van der Waals surface area (Å²) in [6, 6.07) is 16.5. The fourth-order valence-electron chi connectivity index (χ4n) is 3.71. The molecule has 11 heteroatoms. The molecule has 0 fully saturated rings. The first kappa shape index (κ1) is 30.4. The van der Waals surface area contributed by atoms with Crippen LogP contribution < -0.4 is 9.62 Å². The van der Waals surface area contributed by atoms with Crippen molar-refractivity contribution in [2.45, 2.75) is 38.3 Å². The average molecular weight is 595 g/mol. The minimum atomic E-state index is -4.22. The maximum absolute atomic E-state index is 13.8. The van der Waals surface area contributed by atoms with E-state index >= 15 is 0 Å². The van der Waals surface area contributed by atoms with Gasteiger partial charge >= 0.3 is 0 Å². The SMILES string of the molecule is CC(C)CNC(=O)C(C)N(Cc1ccc(F)cc1)C(=O)CN(c1ccc(Cl)c(Cl)c1)S(=O)(=O)c1ccccc1. The van der Waals surface area contributed by atoms with Gasteiger partial charge in [0.25, 0.3) is 10.0 Å². The van der Waals surface area contributed by atoms with Gasteiger partial charge in [0, 0.05) is 13.1 Å². The van der Waals surface area contributed by atoms with E-state index in [-0.39, 0.29) is 33.1 Å². The fraction of sp³-hybridized carbons (Fsp3) is 0.286. The van der Waals surface area contributed by atoms with E-state index in [1.165, 1.54) is 59.5 Å². The molecule has 0 heterocycles. The van der Waals surface area contributed by atoms with Gasteiger partial charge in [0.05, 0.1) is 20.6 Å². The third kappa shape index (κ3) is 7.94. The number of amides is 2. The van der Waals surface area contributed by atoms with Crippen LogP contribution in [0, 0.1) is 11.7 Å². The zero-order chi connectivity index (χ0) is 28.7. The molecule has 0 aliphatic carbocycles. The molecule has 0 aliphatic heterocycles. The summed E-state index contributed by atoms with van der Waals surface area (Å²) in [5.41, 5.74) is 0.695. The summed E-state index contributed by atoms with van der Waals surface area (Å²) >= 11 is 12.2. The summed E-state index contributed by atoms with van der Waals surface area (Å²) < 4.78 is 41.9. The van der Waals surface area contributed by atoms with Crippen LogP contribution in [0.2, 0.25) is 10.0 Å². The second kappa shape index (κ2) is 13.3. The molecule has 3 rings (SSSR count). The van der Waals surface area contributed by atoms with Gasteiger partial charge in [0.2, 0.25) is 11.8 Å². The summed E-state index contributed by atoms with van der Waals surface area (Å²) in [7, 11) is -4.22. The van der Waals surface area contributed by atoms with E-state index in [0.29, 0.717) is 12.1 Å². The van der Waals surface area contributed by atoms with Crippen molar-refractivity contribution in [3.05, 3.63) is 94.2 Å². The lowest BCUT2D eigenvalue weighted by atomic mass is 10.1. The lowest BCUT2D eigenvalue weighted by Gasteiger charge is -2.32. The second-order valence-electron chi connectivity index (χ2n) is 9.39. The zero-order valence-corrected chi connectivity index (χ0v) is 24.1. The fourth-order valence-corrected chi connectivity index (χ4v) is 5.43. The molecule has 0 aromatic heterocycles. The van der Waals surface area contributed by atoms with Crippen LogP contribution in [0.1, 0.15) is 26.3 Å². The quantitative estimate of drug-likeness (QED) is 0.317. The van der Waals surface area contributed by atoms with Crippen LogP contribution in [0.25, 0.3) is 0 Å². The monoisotopic (exact) mass is 593 g/mol. The van der Waals surface area contributed by atoms with Crippen molar-refractivity contribution < 1.29 is 22.4 Å². The Hall–Kier alpha value is -3.14. The van der Waals surface area contributed by atoms with Crippen LogP contribution in [0.5, 0.6) is 0 Å². The minimum absolute atomic E-state index is 0.0309. The summed E-state index contributed by atoms with van der Waals surface area (Å²) in [4.78, 5) is 28.0. The topological polar surface area (TPSA) is 86.8 Å². The predicted molar refractivity (Wildman–Crippen MR) is 152 cm³/mol. The predicted octanol–water partition coefficient (Wildman–Crippen LogP) is 5.52. The van der Waals surface area contributed by atoms with Gasteiger partial charge in [-0.25, -0.2) is 12.8 Å². The molecule has 208 valence electrons. The van der Waals surface area contributed by atoms with Gasteiger partial charge in [-0.3, -0.25) is 13.9 Å². The van der Waals surface area contributed by atoms with E-state index in [1.807, 2.05) is 13.8 Å². The molecule has 0 radical (unpaired) electrons. The number of carbonyl (C=O) groups is 2. The first-order chi connectivity index (χ1) is 18.4. The zero-order valence-electron chi connectivity index (χ0n) is 21.8. The molecule has 2 amide bonds. The highest BCUT2D eigenvalue weighted by atomic mass is 35.5. The Labute approximate surface area is 238 Å². The van der Waals surface area contributed by atoms with E-state index < -0.39 is 40.2 Å². The molecule has 3 aromatic rings. The van der Waals surface area contributed by atoms with Crippen molar-refractivity contribution in [2.24, 2.45) is 5.92 Å². The molecule has 7 nitrogen and oxygen atoms in total. The first-order valence-corrected chi connectivity index (χ1v) is 14.4. The Bertz CT molecular complexity index is 1400. The number of carbonyl (C=O) groups excluding carboxylic acids is 2. The number of nitrogens with one attached hydrogen (secondary N) is 1. The molecule has 0 saturated carbocycles. The lowest BCUT2D eigenvalue weighted by molar-refractivity contribution is -0.139. The van der Waals surface area contributed by atoms with E-state index in [9.17, 15) is 22.4 Å². The molecular formula is C28H30Cl2FN3O4S. The van der Waals surface area contributed by atoms with Gasteiger partial charge in [-0.1, -0.05) is 67.4 Å². The normalized spacial score (nSPS) is 12.2. The van der Waals surface area contributed by atoms with Crippen molar-refractivity contribution in [3.8, 4) is 0 Å². The largest absolute Gasteiger partial charge is 0.354 e. The molecule has 0 aliphatic rings. The second-order valence-corrected chi connectivity index (χ2v) is 12.1. The van der Waals surface area contributed by atoms with Crippen LogP contribution >= 0.6 is 23.2 Å². The Morgan fingerprint density at radius 2 is 1.56 bits per heavy atom. The van der Waals surface area contributed by atoms with Crippen LogP contribution in [0.15, 0.2) is 77.7 Å². The van der Waals surface area contributed by atoms with Crippen LogP contribution in [-0.2, 0) is 26.2 Å². The molecule has 3 aromatic carbocycles. The summed E-state index contributed by atoms with van der Waals surface area (Å²) in [6.45, 7) is 5.17. The molecule has 1 atom stereocenters. The van der Waals surface area contributed by atoms with E-state index in [1.54, 1.807) is 25.1 Å². The Kier molecular flexibility index (Phi) is 10.4. The van der Waals surface area contributed by atoms with Crippen molar-refractivity contribution >= 4 is 50.7 Å². The highest BCUT2D eigenvalue weighted by Crippen LogP contribution is 2.31. The molecule has 0 spiro atoms. The third-order valence-electron chi connectivity index (χ3n) is 5.92. The first-order valence-electron chi connectivity index (χ1n) is 12.2. The van der Waals surface area contributed by atoms with Crippen molar-refractivity contribution in [3.63, 3.8) is 0 Å². The standard InChI is InChI=1S/C28H30Cl2FN3O4S/c1-19(2)16-32-28(36)20(3)33(17-21-9-11-22(31)12-10-21)27(35)18-34(23-13-14-25(29)26(30)15-23)39(37,38)24-7-5-4-6-8-24/h4-15,19-20H,16-18H2,1-3H3,(H,32,36). The third-order valence-corrected chi connectivity index (χ3v) is 8.45. The average Bonchev–Trinajstić information content (AvgIpc) is 2.91. The van der Waals surface area contributed by atoms with E-state index in [4.69, 9.17) is 23.2 Å². The van der Waals surface area contributed by atoms with Crippen LogP contribution in [0.3, 0.4) is 0 Å². The van der Waals surface area contributed by atoms with Gasteiger partial charge < -0.3 is 10.2 Å². The van der Waals surface area contributed by atoms with Gasteiger partial charge in [-0.2, -0.15) is 0 Å². The maximum atomic E-state index is 13.8. The number of anilines is 1. The summed E-state index contributed by atoms with van der Waals surface area (Å²) in [6.07, 6.45) is 0. The van der Waals surface area contributed by atoms with Crippen molar-refractivity contribution in [1.82, 2.24) is 10.2 Å². The van der Waals surface area contributed by atoms with Gasteiger partial charge in [-0.05, 0) is 60.9 Å². The Morgan fingerprint density at radius 1 is 0.923 bits per heavy atom. The number of hydrogen-bond donors (Lipinski definition) is 1. The van der Waals surface area contributed by atoms with Crippen LogP contribution in [-0.4, -0.2) is 44.3 Å². The molecule has 1 N–H and O–H groups in total. The number of nitrogens with zero attached hydrogens (tertiary/aromatic N) is 2. The summed E-state index contributed by atoms with van der Waals surface area (Å²) in [5, 5.41) is 3.14. The lowest BCUT2D eigenvalue weighted by Crippen LogP contribution is -2.51. The molecule has 1 unspecified atom stereocenters. The number of benzene rings is 3. The highest BCUT2D eigenvalue weighted by Gasteiger charge is 2.32.